The number of fused-ring (bicyclic) bond motifs is 1. The molecule has 3 aromatic heterocycles. The van der Waals surface area contributed by atoms with Gasteiger partial charge in [-0.1, -0.05) is 6.07 Å². The van der Waals surface area contributed by atoms with Crippen LogP contribution in [0.25, 0.3) is 10.2 Å². The van der Waals surface area contributed by atoms with Gasteiger partial charge in [0.15, 0.2) is 0 Å². The van der Waals surface area contributed by atoms with Gasteiger partial charge in [-0.15, -0.1) is 22.7 Å². The molecule has 0 aromatic carbocycles. The Hall–Kier alpha value is -2.40. The minimum Gasteiger partial charge on any atom is -0.383 e. The van der Waals surface area contributed by atoms with Crippen molar-refractivity contribution in [3.63, 3.8) is 0 Å². The number of rotatable bonds is 6. The number of thiazole rings is 1. The highest BCUT2D eigenvalue weighted by atomic mass is 32.1. The van der Waals surface area contributed by atoms with Crippen LogP contribution >= 0.6 is 22.7 Å². The number of thiophene rings is 1. The molecule has 1 fully saturated rings. The van der Waals surface area contributed by atoms with Gasteiger partial charge < -0.3 is 19.7 Å². The van der Waals surface area contributed by atoms with Gasteiger partial charge in [-0.25, -0.2) is 9.97 Å². The van der Waals surface area contributed by atoms with E-state index in [1.165, 1.54) is 22.7 Å². The van der Waals surface area contributed by atoms with E-state index in [2.05, 4.69) is 15.3 Å². The lowest BCUT2D eigenvalue weighted by Gasteiger charge is -2.33. The van der Waals surface area contributed by atoms with E-state index in [1.54, 1.807) is 23.7 Å². The molecule has 1 aliphatic rings. The zero-order valence-electron chi connectivity index (χ0n) is 16.7. The third-order valence-corrected chi connectivity index (χ3v) is 6.96. The second-order valence-electron chi connectivity index (χ2n) is 6.83. The molecule has 0 bridgehead atoms. The van der Waals surface area contributed by atoms with Gasteiger partial charge in [0.2, 0.25) is 0 Å². The van der Waals surface area contributed by atoms with Crippen molar-refractivity contribution in [3.8, 4) is 0 Å². The summed E-state index contributed by atoms with van der Waals surface area (Å²) < 4.78 is 11.1. The maximum atomic E-state index is 13.0. The quantitative estimate of drug-likeness (QED) is 0.585. The van der Waals surface area contributed by atoms with Crippen LogP contribution in [0.15, 0.2) is 23.8 Å². The molecule has 8 nitrogen and oxygen atoms in total. The van der Waals surface area contributed by atoms with Gasteiger partial charge in [0.1, 0.15) is 20.7 Å². The smallest absolute Gasteiger partial charge is 0.266 e. The van der Waals surface area contributed by atoms with Crippen molar-refractivity contribution >= 4 is 44.7 Å². The average Bonchev–Trinajstić information content (AvgIpc) is 3.37. The van der Waals surface area contributed by atoms with E-state index in [-0.39, 0.29) is 11.8 Å². The van der Waals surface area contributed by atoms with Gasteiger partial charge in [0.05, 0.1) is 31.0 Å². The maximum Gasteiger partial charge on any atom is 0.266 e. The number of pyridine rings is 1. The van der Waals surface area contributed by atoms with Crippen molar-refractivity contribution in [1.82, 2.24) is 20.2 Å². The predicted octanol–water partition coefficient (Wildman–Crippen LogP) is 2.65. The molecule has 10 heteroatoms. The molecular weight excluding hydrogens is 424 g/mol. The van der Waals surface area contributed by atoms with Crippen molar-refractivity contribution < 1.29 is 19.1 Å². The molecule has 0 aliphatic carbocycles. The first kappa shape index (κ1) is 20.9. The summed E-state index contributed by atoms with van der Waals surface area (Å²) in [6.45, 7) is 3.95. The minimum atomic E-state index is -0.406. The molecule has 0 radical (unpaired) electrons. The Morgan fingerprint density at radius 2 is 2.23 bits per heavy atom. The first-order valence-electron chi connectivity index (χ1n) is 9.55. The molecule has 158 valence electrons. The van der Waals surface area contributed by atoms with E-state index in [9.17, 15) is 9.59 Å². The summed E-state index contributed by atoms with van der Waals surface area (Å²) in [5.74, 6) is -0.234. The summed E-state index contributed by atoms with van der Waals surface area (Å²) in [5.41, 5.74) is 3.20. The van der Waals surface area contributed by atoms with Crippen LogP contribution in [0.3, 0.4) is 0 Å². The van der Waals surface area contributed by atoms with Gasteiger partial charge >= 0.3 is 0 Å². The van der Waals surface area contributed by atoms with Crippen molar-refractivity contribution in [3.05, 3.63) is 44.9 Å². The Bertz CT molecular complexity index is 1060. The fourth-order valence-electron chi connectivity index (χ4n) is 3.45. The number of aryl methyl sites for hydroxylation is 1. The number of amides is 2. The molecule has 4 rings (SSSR count). The number of carbonyl (C=O) groups is 2. The van der Waals surface area contributed by atoms with E-state index in [0.717, 1.165) is 21.5 Å². The number of nitrogens with zero attached hydrogens (tertiary/aromatic N) is 3. The van der Waals surface area contributed by atoms with Crippen LogP contribution < -0.4 is 5.32 Å². The lowest BCUT2D eigenvalue weighted by molar-refractivity contribution is -0.0221. The number of methoxy groups -OCH3 is 1. The van der Waals surface area contributed by atoms with E-state index >= 15 is 0 Å². The molecule has 1 saturated heterocycles. The Balaban J connectivity index is 1.64. The number of hydrogen-bond acceptors (Lipinski definition) is 8. The third kappa shape index (κ3) is 4.08. The number of nitrogens with one attached hydrogen (secondary N) is 1. The monoisotopic (exact) mass is 446 g/mol. The largest absolute Gasteiger partial charge is 0.383 e. The topological polar surface area (TPSA) is 93.7 Å². The Kier molecular flexibility index (Phi) is 6.38. The minimum absolute atomic E-state index is 0.0490. The predicted molar refractivity (Wildman–Crippen MR) is 115 cm³/mol. The molecule has 1 aliphatic heterocycles. The van der Waals surface area contributed by atoms with Gasteiger partial charge in [-0.2, -0.15) is 0 Å². The van der Waals surface area contributed by atoms with Crippen LogP contribution in [0, 0.1) is 6.92 Å². The van der Waals surface area contributed by atoms with E-state index in [4.69, 9.17) is 9.47 Å². The Morgan fingerprint density at radius 1 is 1.37 bits per heavy atom. The lowest BCUT2D eigenvalue weighted by atomic mass is 10.0. The Labute approximate surface area is 181 Å². The molecule has 0 saturated carbocycles. The highest BCUT2D eigenvalue weighted by Gasteiger charge is 2.32. The fraction of sp³-hybridized carbons (Fsp3) is 0.400. The number of aromatic nitrogens is 2. The van der Waals surface area contributed by atoms with Crippen molar-refractivity contribution in [2.24, 2.45) is 0 Å². The van der Waals surface area contributed by atoms with Crippen LogP contribution in [0.1, 0.15) is 36.7 Å². The second-order valence-corrected chi connectivity index (χ2v) is 8.68. The molecule has 30 heavy (non-hydrogen) atoms. The molecule has 4 heterocycles. The second kappa shape index (κ2) is 9.17. The zero-order valence-corrected chi connectivity index (χ0v) is 18.3. The highest BCUT2D eigenvalue weighted by Crippen LogP contribution is 2.37. The SMILES string of the molecule is COCCNC(=O)c1sc2ncccc2c1[C@@H]1CN(C(=O)c2scnc2C)CCO1. The first-order chi connectivity index (χ1) is 14.6. The van der Waals surface area contributed by atoms with Crippen LogP contribution in [-0.4, -0.2) is 66.6 Å². The van der Waals surface area contributed by atoms with Crippen molar-refractivity contribution in [2.75, 3.05) is 40.0 Å². The third-order valence-electron chi connectivity index (χ3n) is 4.92. The zero-order chi connectivity index (χ0) is 21.1. The van der Waals surface area contributed by atoms with Crippen LogP contribution in [0.4, 0.5) is 0 Å². The maximum absolute atomic E-state index is 13.0. The molecule has 3 aromatic rings. The first-order valence-corrected chi connectivity index (χ1v) is 11.2. The van der Waals surface area contributed by atoms with Crippen LogP contribution in [0.2, 0.25) is 0 Å². The number of morpholine rings is 1. The molecule has 0 unspecified atom stereocenters. The fourth-order valence-corrected chi connectivity index (χ4v) is 5.33. The summed E-state index contributed by atoms with van der Waals surface area (Å²) in [6, 6.07) is 3.79. The van der Waals surface area contributed by atoms with Crippen LogP contribution in [-0.2, 0) is 9.47 Å². The van der Waals surface area contributed by atoms with E-state index in [0.29, 0.717) is 42.6 Å². The summed E-state index contributed by atoms with van der Waals surface area (Å²) in [4.78, 5) is 38.2. The Morgan fingerprint density at radius 3 is 3.00 bits per heavy atom. The summed E-state index contributed by atoms with van der Waals surface area (Å²) in [6.07, 6.45) is 1.30. The standard InChI is InChI=1S/C20H22N4O4S2/c1-12-16(29-11-23-12)20(26)24-7-9-28-14(10-24)15-13-4-3-5-22-19(13)30-17(15)18(25)21-6-8-27-2/h3-5,11,14H,6-10H2,1-2H3,(H,21,25)/t14-/m0/s1. The number of hydrogen-bond donors (Lipinski definition) is 1. The molecular formula is C20H22N4O4S2. The lowest BCUT2D eigenvalue weighted by Crippen LogP contribution is -2.42. The molecule has 0 spiro atoms. The van der Waals surface area contributed by atoms with E-state index in [1.807, 2.05) is 19.1 Å². The molecule has 2 amide bonds. The van der Waals surface area contributed by atoms with Gasteiger partial charge in [-0.05, 0) is 13.0 Å². The highest BCUT2D eigenvalue weighted by molar-refractivity contribution is 7.20. The summed E-state index contributed by atoms with van der Waals surface area (Å²) in [7, 11) is 1.59. The van der Waals surface area contributed by atoms with Crippen molar-refractivity contribution in [2.45, 2.75) is 13.0 Å². The van der Waals surface area contributed by atoms with Gasteiger partial charge in [-0.3, -0.25) is 9.59 Å². The summed E-state index contributed by atoms with van der Waals surface area (Å²) >= 11 is 2.68. The average molecular weight is 447 g/mol. The summed E-state index contributed by atoms with van der Waals surface area (Å²) in [5, 5.41) is 3.76. The van der Waals surface area contributed by atoms with E-state index < -0.39 is 6.10 Å². The molecule has 1 N–H and O–H groups in total. The van der Waals surface area contributed by atoms with Gasteiger partial charge in [0.25, 0.3) is 11.8 Å². The van der Waals surface area contributed by atoms with Crippen molar-refractivity contribution in [1.29, 1.82) is 0 Å². The number of carbonyl (C=O) groups excluding carboxylic acids is 2. The molecule has 1 atom stereocenters. The van der Waals surface area contributed by atoms with Gasteiger partial charge in [0, 0.05) is 37.3 Å². The number of ether oxygens (including phenoxy) is 2. The van der Waals surface area contributed by atoms with Crippen LogP contribution in [0.5, 0.6) is 0 Å². The normalized spacial score (nSPS) is 16.7.